The molecule has 0 aliphatic rings. The lowest BCUT2D eigenvalue weighted by molar-refractivity contribution is -0.136. The van der Waals surface area contributed by atoms with Gasteiger partial charge in [0.25, 0.3) is 0 Å². The number of aliphatic carboxylic acids is 1. The highest BCUT2D eigenvalue weighted by molar-refractivity contribution is 7.11. The van der Waals surface area contributed by atoms with E-state index in [1.54, 1.807) is 6.08 Å². The predicted octanol–water partition coefficient (Wildman–Crippen LogP) is 3.29. The van der Waals surface area contributed by atoms with Gasteiger partial charge in [-0.05, 0) is 42.2 Å². The van der Waals surface area contributed by atoms with Gasteiger partial charge < -0.3 is 14.9 Å². The SMILES string of the molecule is COc1c(CC(=O)O)ccc(C(=O)C=Cc2cc(C)cs2)c1O. The van der Waals surface area contributed by atoms with Crippen molar-refractivity contribution in [3.05, 3.63) is 51.2 Å². The number of ketones is 1. The summed E-state index contributed by atoms with van der Waals surface area (Å²) < 4.78 is 5.05. The van der Waals surface area contributed by atoms with Gasteiger partial charge in [-0.2, -0.15) is 0 Å². The zero-order valence-corrected chi connectivity index (χ0v) is 13.5. The van der Waals surface area contributed by atoms with Crippen LogP contribution in [0.3, 0.4) is 0 Å². The molecule has 120 valence electrons. The van der Waals surface area contributed by atoms with Gasteiger partial charge in [-0.3, -0.25) is 9.59 Å². The fourth-order valence-corrected chi connectivity index (χ4v) is 2.92. The Hall–Kier alpha value is -2.60. The van der Waals surface area contributed by atoms with Crippen LogP contribution in [0.2, 0.25) is 0 Å². The van der Waals surface area contributed by atoms with Gasteiger partial charge in [0.2, 0.25) is 0 Å². The van der Waals surface area contributed by atoms with Gasteiger partial charge in [-0.15, -0.1) is 11.3 Å². The molecular formula is C17H16O5S. The van der Waals surface area contributed by atoms with E-state index in [0.717, 1.165) is 10.4 Å². The summed E-state index contributed by atoms with van der Waals surface area (Å²) in [6.45, 7) is 1.97. The molecule has 0 spiro atoms. The van der Waals surface area contributed by atoms with Crippen LogP contribution in [0.15, 0.2) is 29.7 Å². The highest BCUT2D eigenvalue weighted by Crippen LogP contribution is 2.34. The monoisotopic (exact) mass is 332 g/mol. The van der Waals surface area contributed by atoms with Crippen LogP contribution in [-0.4, -0.2) is 29.1 Å². The molecule has 1 aromatic heterocycles. The first-order chi connectivity index (χ1) is 10.9. The first-order valence-electron chi connectivity index (χ1n) is 6.80. The number of rotatable bonds is 6. The number of hydrogen-bond acceptors (Lipinski definition) is 5. The number of benzene rings is 1. The maximum Gasteiger partial charge on any atom is 0.307 e. The highest BCUT2D eigenvalue weighted by atomic mass is 32.1. The van der Waals surface area contributed by atoms with Crippen LogP contribution >= 0.6 is 11.3 Å². The van der Waals surface area contributed by atoms with Crippen molar-refractivity contribution in [2.75, 3.05) is 7.11 Å². The van der Waals surface area contributed by atoms with Gasteiger partial charge >= 0.3 is 5.97 Å². The topological polar surface area (TPSA) is 83.8 Å². The largest absolute Gasteiger partial charge is 0.504 e. The van der Waals surface area contributed by atoms with Crippen LogP contribution in [0.4, 0.5) is 0 Å². The van der Waals surface area contributed by atoms with Crippen molar-refractivity contribution in [3.63, 3.8) is 0 Å². The maximum atomic E-state index is 12.2. The van der Waals surface area contributed by atoms with Gasteiger partial charge in [0.05, 0.1) is 19.1 Å². The normalized spacial score (nSPS) is 10.9. The first-order valence-corrected chi connectivity index (χ1v) is 7.68. The molecular weight excluding hydrogens is 316 g/mol. The summed E-state index contributed by atoms with van der Waals surface area (Å²) in [4.78, 5) is 24.0. The van der Waals surface area contributed by atoms with Crippen molar-refractivity contribution in [1.29, 1.82) is 0 Å². The molecule has 5 nitrogen and oxygen atoms in total. The molecule has 23 heavy (non-hydrogen) atoms. The van der Waals surface area contributed by atoms with Gasteiger partial charge in [-0.1, -0.05) is 6.07 Å². The van der Waals surface area contributed by atoms with Crippen molar-refractivity contribution < 1.29 is 24.5 Å². The Balaban J connectivity index is 2.30. The molecule has 0 saturated carbocycles. The number of thiophene rings is 1. The molecule has 0 radical (unpaired) electrons. The summed E-state index contributed by atoms with van der Waals surface area (Å²) in [6, 6.07) is 4.83. The van der Waals surface area contributed by atoms with E-state index in [9.17, 15) is 14.7 Å². The number of carbonyl (C=O) groups is 2. The lowest BCUT2D eigenvalue weighted by Crippen LogP contribution is -2.05. The number of phenols is 1. The molecule has 1 aromatic carbocycles. The van der Waals surface area contributed by atoms with E-state index in [1.807, 2.05) is 18.4 Å². The van der Waals surface area contributed by atoms with Crippen LogP contribution in [0.1, 0.15) is 26.4 Å². The molecule has 1 heterocycles. The van der Waals surface area contributed by atoms with Gasteiger partial charge in [0, 0.05) is 10.4 Å². The molecule has 0 fully saturated rings. The number of phenolic OH excluding ortho intramolecular Hbond substituents is 1. The molecule has 6 heteroatoms. The number of allylic oxidation sites excluding steroid dienone is 1. The molecule has 0 bridgehead atoms. The summed E-state index contributed by atoms with van der Waals surface area (Å²) in [5.41, 5.74) is 1.50. The van der Waals surface area contributed by atoms with E-state index in [4.69, 9.17) is 9.84 Å². The standard InChI is InChI=1S/C17H16O5S/c1-10-7-12(23-9-10)4-6-14(18)13-5-3-11(8-15(19)20)17(22-2)16(13)21/h3-7,9,21H,8H2,1-2H3,(H,19,20). The Bertz CT molecular complexity index is 773. The molecule has 0 aliphatic heterocycles. The third-order valence-electron chi connectivity index (χ3n) is 3.17. The van der Waals surface area contributed by atoms with Gasteiger partial charge in [-0.25, -0.2) is 0 Å². The second-order valence-electron chi connectivity index (χ2n) is 4.95. The van der Waals surface area contributed by atoms with Crippen molar-refractivity contribution in [2.45, 2.75) is 13.3 Å². The fourth-order valence-electron chi connectivity index (χ4n) is 2.13. The van der Waals surface area contributed by atoms with Crippen LogP contribution in [0, 0.1) is 6.92 Å². The van der Waals surface area contributed by atoms with Crippen molar-refractivity contribution in [1.82, 2.24) is 0 Å². The lowest BCUT2D eigenvalue weighted by Gasteiger charge is -2.11. The van der Waals surface area contributed by atoms with E-state index in [0.29, 0.717) is 5.56 Å². The van der Waals surface area contributed by atoms with Gasteiger partial charge in [0.1, 0.15) is 0 Å². The first kappa shape index (κ1) is 16.8. The quantitative estimate of drug-likeness (QED) is 0.626. The smallest absolute Gasteiger partial charge is 0.307 e. The number of methoxy groups -OCH3 is 1. The van der Waals surface area contributed by atoms with Crippen LogP contribution < -0.4 is 4.74 Å². The number of carbonyl (C=O) groups excluding carboxylic acids is 1. The predicted molar refractivity (Wildman–Crippen MR) is 88.4 cm³/mol. The maximum absolute atomic E-state index is 12.2. The summed E-state index contributed by atoms with van der Waals surface area (Å²) in [5, 5.41) is 21.0. The van der Waals surface area contributed by atoms with E-state index < -0.39 is 5.97 Å². The zero-order valence-electron chi connectivity index (χ0n) is 12.7. The second-order valence-corrected chi connectivity index (χ2v) is 5.89. The summed E-state index contributed by atoms with van der Waals surface area (Å²) in [6.07, 6.45) is 2.75. The molecule has 0 aliphatic carbocycles. The summed E-state index contributed by atoms with van der Waals surface area (Å²) in [5.74, 6) is -1.76. The molecule has 0 saturated heterocycles. The summed E-state index contributed by atoms with van der Waals surface area (Å²) >= 11 is 1.52. The summed E-state index contributed by atoms with van der Waals surface area (Å²) in [7, 11) is 1.32. The zero-order chi connectivity index (χ0) is 17.0. The highest BCUT2D eigenvalue weighted by Gasteiger charge is 2.18. The second kappa shape index (κ2) is 7.11. The minimum atomic E-state index is -1.05. The Kier molecular flexibility index (Phi) is 5.18. The Labute approximate surface area is 137 Å². The molecule has 2 aromatic rings. The molecule has 2 N–H and O–H groups in total. The number of ether oxygens (including phenoxy) is 1. The van der Waals surface area contributed by atoms with Crippen molar-refractivity contribution >= 4 is 29.2 Å². The average Bonchev–Trinajstić information content (AvgIpc) is 2.90. The number of aromatic hydroxyl groups is 1. The van der Waals surface area contributed by atoms with E-state index >= 15 is 0 Å². The van der Waals surface area contributed by atoms with E-state index in [1.165, 1.54) is 36.7 Å². The Morgan fingerprint density at radius 2 is 2.09 bits per heavy atom. The van der Waals surface area contributed by atoms with E-state index in [-0.39, 0.29) is 29.3 Å². The minimum absolute atomic E-state index is 0.0126. The minimum Gasteiger partial charge on any atom is -0.504 e. The van der Waals surface area contributed by atoms with E-state index in [2.05, 4.69) is 0 Å². The molecule has 2 rings (SSSR count). The fraction of sp³-hybridized carbons (Fsp3) is 0.176. The van der Waals surface area contributed by atoms with Crippen molar-refractivity contribution in [3.8, 4) is 11.5 Å². The lowest BCUT2D eigenvalue weighted by atomic mass is 10.0. The molecule has 0 unspecified atom stereocenters. The number of carboxylic acids is 1. The number of hydrogen-bond donors (Lipinski definition) is 2. The Morgan fingerprint density at radius 3 is 2.65 bits per heavy atom. The third kappa shape index (κ3) is 3.98. The van der Waals surface area contributed by atoms with Gasteiger partial charge in [0.15, 0.2) is 17.3 Å². The van der Waals surface area contributed by atoms with Crippen molar-refractivity contribution in [2.24, 2.45) is 0 Å². The number of aryl methyl sites for hydroxylation is 1. The Morgan fingerprint density at radius 1 is 1.35 bits per heavy atom. The average molecular weight is 332 g/mol. The molecule has 0 atom stereocenters. The number of carboxylic acid groups (broad SMARTS) is 1. The van der Waals surface area contributed by atoms with Crippen LogP contribution in [0.25, 0.3) is 6.08 Å². The molecule has 0 amide bonds. The third-order valence-corrected chi connectivity index (χ3v) is 4.19. The van der Waals surface area contributed by atoms with Crippen LogP contribution in [-0.2, 0) is 11.2 Å². The van der Waals surface area contributed by atoms with Crippen LogP contribution in [0.5, 0.6) is 11.5 Å².